The van der Waals surface area contributed by atoms with E-state index in [2.05, 4.69) is 25.9 Å². The van der Waals surface area contributed by atoms with Crippen molar-refractivity contribution < 1.29 is 4.39 Å². The van der Waals surface area contributed by atoms with Crippen LogP contribution in [0.3, 0.4) is 0 Å². The number of nitrogens with one attached hydrogen (secondary N) is 1. The second-order valence-corrected chi connectivity index (χ2v) is 6.24. The summed E-state index contributed by atoms with van der Waals surface area (Å²) in [7, 11) is 3.74. The van der Waals surface area contributed by atoms with E-state index >= 15 is 0 Å². The molecule has 5 nitrogen and oxygen atoms in total. The zero-order valence-electron chi connectivity index (χ0n) is 15.2. The molecule has 1 heterocycles. The molecule has 0 radical (unpaired) electrons. The fourth-order valence-electron chi connectivity index (χ4n) is 2.96. The lowest BCUT2D eigenvalue weighted by Gasteiger charge is -2.22. The molecule has 0 atom stereocenters. The molecule has 3 rings (SSSR count). The molecule has 0 aliphatic rings. The van der Waals surface area contributed by atoms with Gasteiger partial charge in [0.25, 0.3) is 0 Å². The van der Waals surface area contributed by atoms with Gasteiger partial charge in [0.2, 0.25) is 0 Å². The molecule has 2 aromatic carbocycles. The van der Waals surface area contributed by atoms with E-state index in [1.807, 2.05) is 36.5 Å². The highest BCUT2D eigenvalue weighted by Crippen LogP contribution is 2.12. The number of aromatic nitrogens is 2. The van der Waals surface area contributed by atoms with Gasteiger partial charge >= 0.3 is 0 Å². The maximum absolute atomic E-state index is 13.0. The van der Waals surface area contributed by atoms with Crippen molar-refractivity contribution in [3.63, 3.8) is 0 Å². The van der Waals surface area contributed by atoms with Gasteiger partial charge in [-0.15, -0.1) is 0 Å². The fourth-order valence-corrected chi connectivity index (χ4v) is 2.96. The van der Waals surface area contributed by atoms with Crippen LogP contribution in [0.1, 0.15) is 12.0 Å². The van der Waals surface area contributed by atoms with Gasteiger partial charge in [-0.25, -0.2) is 9.37 Å². The lowest BCUT2D eigenvalue weighted by Crippen LogP contribution is -2.39. The smallest absolute Gasteiger partial charge is 0.193 e. The molecule has 1 N–H and O–H groups in total. The van der Waals surface area contributed by atoms with Crippen LogP contribution < -0.4 is 5.32 Å². The highest BCUT2D eigenvalue weighted by atomic mass is 19.1. The number of hydrogen-bond acceptors (Lipinski definition) is 2. The molecule has 6 heteroatoms. The Morgan fingerprint density at radius 1 is 1.19 bits per heavy atom. The maximum atomic E-state index is 13.0. The van der Waals surface area contributed by atoms with Gasteiger partial charge in [0.1, 0.15) is 5.82 Å². The molecule has 0 bridgehead atoms. The van der Waals surface area contributed by atoms with Crippen molar-refractivity contribution in [1.82, 2.24) is 19.8 Å². The molecule has 0 aliphatic carbocycles. The van der Waals surface area contributed by atoms with E-state index in [0.29, 0.717) is 6.54 Å². The second kappa shape index (κ2) is 8.47. The number of rotatable bonds is 6. The Balaban J connectivity index is 1.48. The number of fused-ring (bicyclic) bond motifs is 1. The lowest BCUT2D eigenvalue weighted by atomic mass is 10.2. The van der Waals surface area contributed by atoms with Crippen LogP contribution in [0.25, 0.3) is 11.0 Å². The van der Waals surface area contributed by atoms with E-state index in [-0.39, 0.29) is 5.82 Å². The van der Waals surface area contributed by atoms with Crippen LogP contribution in [0, 0.1) is 5.82 Å². The summed E-state index contributed by atoms with van der Waals surface area (Å²) >= 11 is 0. The predicted molar refractivity (Wildman–Crippen MR) is 104 cm³/mol. The largest absolute Gasteiger partial charge is 0.356 e. The Hall–Kier alpha value is -2.89. The quantitative estimate of drug-likeness (QED) is 0.420. The van der Waals surface area contributed by atoms with E-state index in [9.17, 15) is 4.39 Å². The molecule has 136 valence electrons. The normalized spacial score (nSPS) is 11.7. The topological polar surface area (TPSA) is 45.5 Å². The summed E-state index contributed by atoms with van der Waals surface area (Å²) in [6.07, 6.45) is 2.85. The van der Waals surface area contributed by atoms with Crippen LogP contribution in [0.2, 0.25) is 0 Å². The SMILES string of the molecule is CN=C(NCCCn1cnc2ccccc21)N(C)Cc1ccc(F)cc1. The maximum Gasteiger partial charge on any atom is 0.193 e. The summed E-state index contributed by atoms with van der Waals surface area (Å²) in [6, 6.07) is 14.7. The van der Waals surface area contributed by atoms with Gasteiger partial charge in [-0.05, 0) is 36.2 Å². The molecule has 0 spiro atoms. The van der Waals surface area contributed by atoms with Crippen molar-refractivity contribution in [1.29, 1.82) is 0 Å². The van der Waals surface area contributed by atoms with E-state index in [0.717, 1.165) is 42.1 Å². The number of halogens is 1. The third kappa shape index (κ3) is 4.39. The minimum Gasteiger partial charge on any atom is -0.356 e. The third-order valence-corrected chi connectivity index (χ3v) is 4.29. The Kier molecular flexibility index (Phi) is 5.84. The van der Waals surface area contributed by atoms with Crippen LogP contribution in [-0.2, 0) is 13.1 Å². The number of aryl methyl sites for hydroxylation is 1. The Morgan fingerprint density at radius 3 is 2.73 bits per heavy atom. The molecule has 0 amide bonds. The summed E-state index contributed by atoms with van der Waals surface area (Å²) in [5, 5.41) is 3.38. The van der Waals surface area contributed by atoms with Crippen molar-refractivity contribution in [2.24, 2.45) is 4.99 Å². The molecule has 3 aromatic rings. The second-order valence-electron chi connectivity index (χ2n) is 6.24. The van der Waals surface area contributed by atoms with E-state index in [4.69, 9.17) is 0 Å². The first kappa shape index (κ1) is 17.9. The fraction of sp³-hybridized carbons (Fsp3) is 0.300. The average Bonchev–Trinajstić information content (AvgIpc) is 3.07. The first-order chi connectivity index (χ1) is 12.7. The van der Waals surface area contributed by atoms with Crippen molar-refractivity contribution >= 4 is 17.0 Å². The summed E-state index contributed by atoms with van der Waals surface area (Å²) < 4.78 is 15.2. The molecule has 26 heavy (non-hydrogen) atoms. The van der Waals surface area contributed by atoms with Gasteiger partial charge in [-0.2, -0.15) is 0 Å². The number of benzene rings is 2. The van der Waals surface area contributed by atoms with Gasteiger partial charge < -0.3 is 14.8 Å². The summed E-state index contributed by atoms with van der Waals surface area (Å²) in [6.45, 7) is 2.38. The zero-order valence-corrected chi connectivity index (χ0v) is 15.2. The van der Waals surface area contributed by atoms with Crippen molar-refractivity contribution in [3.05, 3.63) is 66.2 Å². The standard InChI is InChI=1S/C20H24FN5/c1-22-20(25(2)14-16-8-10-17(21)11-9-16)23-12-5-13-26-15-24-18-6-3-4-7-19(18)26/h3-4,6-11,15H,5,12-14H2,1-2H3,(H,22,23). The number of guanidine groups is 1. The van der Waals surface area contributed by atoms with E-state index < -0.39 is 0 Å². The Labute approximate surface area is 153 Å². The number of aliphatic imine (C=N–C) groups is 1. The van der Waals surface area contributed by atoms with E-state index in [1.54, 1.807) is 19.2 Å². The number of imidazole rings is 1. The Morgan fingerprint density at radius 2 is 1.96 bits per heavy atom. The molecule has 0 unspecified atom stereocenters. The number of para-hydroxylation sites is 2. The predicted octanol–water partition coefficient (Wildman–Crippen LogP) is 3.27. The summed E-state index contributed by atoms with van der Waals surface area (Å²) in [5.41, 5.74) is 3.22. The molecule has 0 saturated heterocycles. The Bertz CT molecular complexity index is 869. The van der Waals surface area contributed by atoms with Gasteiger partial charge in [-0.3, -0.25) is 4.99 Å². The highest BCUT2D eigenvalue weighted by molar-refractivity contribution is 5.79. The molecule has 0 aliphatic heterocycles. The van der Waals surface area contributed by atoms with Crippen molar-refractivity contribution in [2.45, 2.75) is 19.5 Å². The minimum atomic E-state index is -0.217. The van der Waals surface area contributed by atoms with Crippen molar-refractivity contribution in [3.8, 4) is 0 Å². The van der Waals surface area contributed by atoms with Crippen LogP contribution >= 0.6 is 0 Å². The molecule has 0 fully saturated rings. The van der Waals surface area contributed by atoms with Crippen LogP contribution in [0.4, 0.5) is 4.39 Å². The monoisotopic (exact) mass is 353 g/mol. The first-order valence-electron chi connectivity index (χ1n) is 8.73. The van der Waals surface area contributed by atoms with Gasteiger partial charge in [0.05, 0.1) is 17.4 Å². The summed E-state index contributed by atoms with van der Waals surface area (Å²) in [5.74, 6) is 0.607. The summed E-state index contributed by atoms with van der Waals surface area (Å²) in [4.78, 5) is 10.8. The number of hydrogen-bond donors (Lipinski definition) is 1. The molecule has 0 saturated carbocycles. The molecular weight excluding hydrogens is 329 g/mol. The first-order valence-corrected chi connectivity index (χ1v) is 8.73. The van der Waals surface area contributed by atoms with E-state index in [1.165, 1.54) is 12.1 Å². The van der Waals surface area contributed by atoms with Crippen LogP contribution in [-0.4, -0.2) is 41.1 Å². The van der Waals surface area contributed by atoms with Gasteiger partial charge in [-0.1, -0.05) is 24.3 Å². The minimum absolute atomic E-state index is 0.217. The van der Waals surface area contributed by atoms with Crippen LogP contribution in [0.15, 0.2) is 59.9 Å². The highest BCUT2D eigenvalue weighted by Gasteiger charge is 2.07. The van der Waals surface area contributed by atoms with Crippen LogP contribution in [0.5, 0.6) is 0 Å². The zero-order chi connectivity index (χ0) is 18.4. The molecular formula is C20H24FN5. The van der Waals surface area contributed by atoms with Gasteiger partial charge in [0.15, 0.2) is 5.96 Å². The van der Waals surface area contributed by atoms with Gasteiger partial charge in [0, 0.05) is 33.7 Å². The molecule has 1 aromatic heterocycles. The lowest BCUT2D eigenvalue weighted by molar-refractivity contribution is 0.473. The third-order valence-electron chi connectivity index (χ3n) is 4.29. The van der Waals surface area contributed by atoms with Crippen molar-refractivity contribution in [2.75, 3.05) is 20.6 Å². The number of nitrogens with zero attached hydrogens (tertiary/aromatic N) is 4. The average molecular weight is 353 g/mol.